The van der Waals surface area contributed by atoms with Gasteiger partial charge < -0.3 is 5.32 Å². The summed E-state index contributed by atoms with van der Waals surface area (Å²) in [4.78, 5) is 2.52. The Balaban J connectivity index is 2.46. The Morgan fingerprint density at radius 1 is 1.43 bits per heavy atom. The lowest BCUT2D eigenvalue weighted by Crippen LogP contribution is -2.55. The SMILES string of the molecule is CCC1CN(CC=CCl)C(CC)CN1. The second kappa shape index (κ2) is 6.44. The Morgan fingerprint density at radius 2 is 2.21 bits per heavy atom. The lowest BCUT2D eigenvalue weighted by molar-refractivity contribution is 0.139. The van der Waals surface area contributed by atoms with E-state index in [4.69, 9.17) is 11.6 Å². The van der Waals surface area contributed by atoms with E-state index >= 15 is 0 Å². The van der Waals surface area contributed by atoms with Crippen LogP contribution in [0.3, 0.4) is 0 Å². The molecule has 1 fully saturated rings. The van der Waals surface area contributed by atoms with Gasteiger partial charge in [-0.2, -0.15) is 0 Å². The highest BCUT2D eigenvalue weighted by atomic mass is 35.5. The Labute approximate surface area is 92.3 Å². The molecule has 0 amide bonds. The van der Waals surface area contributed by atoms with E-state index in [1.807, 2.05) is 6.08 Å². The molecular weight excluding hydrogens is 196 g/mol. The Bertz CT molecular complexity index is 182. The van der Waals surface area contributed by atoms with Crippen LogP contribution in [0.1, 0.15) is 26.7 Å². The van der Waals surface area contributed by atoms with E-state index in [-0.39, 0.29) is 0 Å². The molecule has 1 rings (SSSR count). The van der Waals surface area contributed by atoms with E-state index < -0.39 is 0 Å². The van der Waals surface area contributed by atoms with Gasteiger partial charge in [-0.3, -0.25) is 4.90 Å². The standard InChI is InChI=1S/C11H21ClN2/c1-3-10-9-14(7-5-6-12)11(4-2)8-13-10/h5-6,10-11,13H,3-4,7-9H2,1-2H3. The summed E-state index contributed by atoms with van der Waals surface area (Å²) >= 11 is 5.56. The maximum Gasteiger partial charge on any atom is 0.0222 e. The summed E-state index contributed by atoms with van der Waals surface area (Å²) in [6.45, 7) is 7.73. The maximum atomic E-state index is 5.56. The molecule has 1 heterocycles. The summed E-state index contributed by atoms with van der Waals surface area (Å²) in [5.41, 5.74) is 1.62. The van der Waals surface area contributed by atoms with Crippen molar-refractivity contribution in [1.82, 2.24) is 10.2 Å². The van der Waals surface area contributed by atoms with Crippen molar-refractivity contribution in [2.75, 3.05) is 19.6 Å². The van der Waals surface area contributed by atoms with Gasteiger partial charge in [-0.05, 0) is 12.8 Å². The van der Waals surface area contributed by atoms with Crippen LogP contribution in [0.15, 0.2) is 11.6 Å². The highest BCUT2D eigenvalue weighted by Gasteiger charge is 2.24. The van der Waals surface area contributed by atoms with Crippen LogP contribution in [0.4, 0.5) is 0 Å². The molecule has 0 aromatic carbocycles. The third-order valence-electron chi connectivity index (χ3n) is 3.01. The number of hydrogen-bond donors (Lipinski definition) is 1. The predicted octanol–water partition coefficient (Wildman–Crippen LogP) is 2.20. The third kappa shape index (κ3) is 3.26. The summed E-state index contributed by atoms with van der Waals surface area (Å²) in [6, 6.07) is 1.33. The van der Waals surface area contributed by atoms with Crippen molar-refractivity contribution >= 4 is 11.6 Å². The average Bonchev–Trinajstić information content (AvgIpc) is 2.25. The van der Waals surface area contributed by atoms with Crippen LogP contribution < -0.4 is 5.32 Å². The molecule has 0 spiro atoms. The van der Waals surface area contributed by atoms with E-state index in [0.29, 0.717) is 12.1 Å². The number of piperazine rings is 1. The zero-order valence-electron chi connectivity index (χ0n) is 9.17. The van der Waals surface area contributed by atoms with Gasteiger partial charge in [0.1, 0.15) is 0 Å². The molecule has 82 valence electrons. The number of rotatable bonds is 4. The normalized spacial score (nSPS) is 29.9. The minimum atomic E-state index is 0.654. The first-order chi connectivity index (χ1) is 6.81. The van der Waals surface area contributed by atoms with Crippen LogP contribution in [0.2, 0.25) is 0 Å². The Hall–Kier alpha value is -0.0500. The first-order valence-electron chi connectivity index (χ1n) is 5.54. The summed E-state index contributed by atoms with van der Waals surface area (Å²) in [6.07, 6.45) is 4.44. The lowest BCUT2D eigenvalue weighted by atomic mass is 10.1. The van der Waals surface area contributed by atoms with Crippen LogP contribution in [-0.2, 0) is 0 Å². The monoisotopic (exact) mass is 216 g/mol. The van der Waals surface area contributed by atoms with E-state index in [9.17, 15) is 0 Å². The van der Waals surface area contributed by atoms with Gasteiger partial charge in [0.2, 0.25) is 0 Å². The summed E-state index contributed by atoms with van der Waals surface area (Å²) in [5.74, 6) is 0. The van der Waals surface area contributed by atoms with Gasteiger partial charge in [-0.1, -0.05) is 31.5 Å². The van der Waals surface area contributed by atoms with Crippen LogP contribution >= 0.6 is 11.6 Å². The predicted molar refractivity (Wildman–Crippen MR) is 62.7 cm³/mol. The first kappa shape index (κ1) is 12.0. The molecule has 1 saturated heterocycles. The zero-order chi connectivity index (χ0) is 10.4. The molecule has 0 bridgehead atoms. The minimum absolute atomic E-state index is 0.654. The van der Waals surface area contributed by atoms with Gasteiger partial charge in [-0.15, -0.1) is 0 Å². The maximum absolute atomic E-state index is 5.56. The first-order valence-corrected chi connectivity index (χ1v) is 5.98. The zero-order valence-corrected chi connectivity index (χ0v) is 9.93. The number of nitrogens with zero attached hydrogens (tertiary/aromatic N) is 1. The van der Waals surface area contributed by atoms with E-state index in [1.54, 1.807) is 5.54 Å². The van der Waals surface area contributed by atoms with Crippen LogP contribution in [0.5, 0.6) is 0 Å². The Morgan fingerprint density at radius 3 is 2.79 bits per heavy atom. The van der Waals surface area contributed by atoms with Crippen LogP contribution in [-0.4, -0.2) is 36.6 Å². The molecule has 2 nitrogen and oxygen atoms in total. The van der Waals surface area contributed by atoms with Gasteiger partial charge >= 0.3 is 0 Å². The molecule has 0 saturated carbocycles. The average molecular weight is 217 g/mol. The molecule has 0 aromatic heterocycles. The van der Waals surface area contributed by atoms with E-state index in [0.717, 1.165) is 19.6 Å². The van der Waals surface area contributed by atoms with Crippen molar-refractivity contribution in [3.63, 3.8) is 0 Å². The summed E-state index contributed by atoms with van der Waals surface area (Å²) in [7, 11) is 0. The second-order valence-corrected chi connectivity index (χ2v) is 4.14. The van der Waals surface area contributed by atoms with Crippen LogP contribution in [0.25, 0.3) is 0 Å². The molecule has 1 aliphatic rings. The molecule has 2 unspecified atom stereocenters. The number of halogens is 1. The van der Waals surface area contributed by atoms with E-state index in [2.05, 4.69) is 24.1 Å². The topological polar surface area (TPSA) is 15.3 Å². The fraction of sp³-hybridized carbons (Fsp3) is 0.818. The fourth-order valence-corrected chi connectivity index (χ4v) is 2.08. The van der Waals surface area contributed by atoms with Gasteiger partial charge in [0.25, 0.3) is 0 Å². The van der Waals surface area contributed by atoms with E-state index in [1.165, 1.54) is 12.8 Å². The molecule has 0 aliphatic carbocycles. The molecular formula is C11H21ClN2. The second-order valence-electron chi connectivity index (χ2n) is 3.89. The van der Waals surface area contributed by atoms with Crippen molar-refractivity contribution in [3.05, 3.63) is 11.6 Å². The summed E-state index contributed by atoms with van der Waals surface area (Å²) < 4.78 is 0. The molecule has 2 atom stereocenters. The molecule has 14 heavy (non-hydrogen) atoms. The Kier molecular flexibility index (Phi) is 5.53. The molecule has 1 aliphatic heterocycles. The molecule has 3 heteroatoms. The smallest absolute Gasteiger partial charge is 0.0222 e. The minimum Gasteiger partial charge on any atom is -0.311 e. The molecule has 0 radical (unpaired) electrons. The van der Waals surface area contributed by atoms with Gasteiger partial charge in [0, 0.05) is 37.3 Å². The number of nitrogens with one attached hydrogen (secondary N) is 1. The molecule has 0 aromatic rings. The van der Waals surface area contributed by atoms with Gasteiger partial charge in [-0.25, -0.2) is 0 Å². The highest BCUT2D eigenvalue weighted by molar-refractivity contribution is 6.25. The highest BCUT2D eigenvalue weighted by Crippen LogP contribution is 2.11. The quantitative estimate of drug-likeness (QED) is 0.775. The van der Waals surface area contributed by atoms with Gasteiger partial charge in [0.15, 0.2) is 0 Å². The van der Waals surface area contributed by atoms with Crippen molar-refractivity contribution in [2.24, 2.45) is 0 Å². The van der Waals surface area contributed by atoms with Gasteiger partial charge in [0.05, 0.1) is 0 Å². The fourth-order valence-electron chi connectivity index (χ4n) is 2.00. The van der Waals surface area contributed by atoms with Crippen molar-refractivity contribution in [1.29, 1.82) is 0 Å². The largest absolute Gasteiger partial charge is 0.311 e. The lowest BCUT2D eigenvalue weighted by Gasteiger charge is -2.39. The molecule has 1 N–H and O–H groups in total. The summed E-state index contributed by atoms with van der Waals surface area (Å²) in [5, 5.41) is 3.58. The van der Waals surface area contributed by atoms with Crippen molar-refractivity contribution in [2.45, 2.75) is 38.8 Å². The van der Waals surface area contributed by atoms with Crippen molar-refractivity contribution in [3.8, 4) is 0 Å². The third-order valence-corrected chi connectivity index (χ3v) is 3.18. The number of hydrogen-bond acceptors (Lipinski definition) is 2. The van der Waals surface area contributed by atoms with Crippen molar-refractivity contribution < 1.29 is 0 Å². The van der Waals surface area contributed by atoms with Crippen LogP contribution in [0, 0.1) is 0 Å².